The van der Waals surface area contributed by atoms with E-state index in [2.05, 4.69) is 22.5 Å². The highest BCUT2D eigenvalue weighted by Gasteiger charge is 2.07. The third-order valence-corrected chi connectivity index (χ3v) is 2.58. The van der Waals surface area contributed by atoms with Gasteiger partial charge in [-0.25, -0.2) is 4.98 Å². The molecule has 0 aliphatic carbocycles. The third-order valence-electron chi connectivity index (χ3n) is 2.58. The first kappa shape index (κ1) is 13.1. The fourth-order valence-electron chi connectivity index (χ4n) is 1.57. The molecule has 2 rings (SSSR count). The largest absolute Gasteiger partial charge is 0.467 e. The van der Waals surface area contributed by atoms with Gasteiger partial charge in [0.2, 0.25) is 0 Å². The predicted molar refractivity (Wildman–Crippen MR) is 72.9 cm³/mol. The van der Waals surface area contributed by atoms with Gasteiger partial charge in [0.25, 0.3) is 5.91 Å². The van der Waals surface area contributed by atoms with Gasteiger partial charge in [-0.15, -0.1) is 0 Å². The normalized spacial score (nSPS) is 10.2. The molecule has 0 fully saturated rings. The molecule has 0 aromatic carbocycles. The van der Waals surface area contributed by atoms with Crippen molar-refractivity contribution in [1.29, 1.82) is 0 Å². The number of hydrogen-bond donors (Lipinski definition) is 2. The van der Waals surface area contributed by atoms with Gasteiger partial charge in [-0.05, 0) is 30.7 Å². The highest BCUT2D eigenvalue weighted by Crippen LogP contribution is 2.06. The van der Waals surface area contributed by atoms with Gasteiger partial charge in [0, 0.05) is 6.54 Å². The Hall–Kier alpha value is -2.30. The summed E-state index contributed by atoms with van der Waals surface area (Å²) in [6, 6.07) is 7.15. The quantitative estimate of drug-likeness (QED) is 0.836. The van der Waals surface area contributed by atoms with Gasteiger partial charge in [0.05, 0.1) is 24.7 Å². The Kier molecular flexibility index (Phi) is 4.55. The minimum absolute atomic E-state index is 0.210. The summed E-state index contributed by atoms with van der Waals surface area (Å²) in [6.07, 6.45) is 4.29. The van der Waals surface area contributed by atoms with E-state index in [1.54, 1.807) is 24.6 Å². The molecular formula is C14H17N3O2. The van der Waals surface area contributed by atoms with Crippen LogP contribution >= 0.6 is 0 Å². The molecule has 2 N–H and O–H groups in total. The molecule has 0 saturated heterocycles. The molecule has 2 aromatic rings. The fourth-order valence-corrected chi connectivity index (χ4v) is 1.57. The molecule has 5 heteroatoms. The highest BCUT2D eigenvalue weighted by molar-refractivity contribution is 5.92. The maximum absolute atomic E-state index is 11.8. The fraction of sp³-hybridized carbons (Fsp3) is 0.286. The average Bonchev–Trinajstić information content (AvgIpc) is 2.96. The topological polar surface area (TPSA) is 67.2 Å². The van der Waals surface area contributed by atoms with E-state index in [1.807, 2.05) is 12.1 Å². The molecule has 19 heavy (non-hydrogen) atoms. The number of carbonyl (C=O) groups is 1. The SMILES string of the molecule is CCCNc1ccc(C(=O)NCc2ccco2)nc1. The number of pyridine rings is 1. The van der Waals surface area contributed by atoms with Gasteiger partial charge >= 0.3 is 0 Å². The summed E-state index contributed by atoms with van der Waals surface area (Å²) < 4.78 is 5.14. The zero-order valence-electron chi connectivity index (χ0n) is 10.8. The molecule has 0 bridgehead atoms. The Bertz CT molecular complexity index is 506. The lowest BCUT2D eigenvalue weighted by Gasteiger charge is -2.06. The summed E-state index contributed by atoms with van der Waals surface area (Å²) in [5.74, 6) is 0.507. The first-order valence-electron chi connectivity index (χ1n) is 6.30. The third kappa shape index (κ3) is 3.84. The number of carbonyl (C=O) groups excluding carboxylic acids is 1. The van der Waals surface area contributed by atoms with Gasteiger partial charge in [-0.1, -0.05) is 6.92 Å². The van der Waals surface area contributed by atoms with Gasteiger partial charge in [0.15, 0.2) is 0 Å². The molecule has 0 aliphatic rings. The van der Waals surface area contributed by atoms with E-state index >= 15 is 0 Å². The summed E-state index contributed by atoms with van der Waals surface area (Å²) in [7, 11) is 0. The smallest absolute Gasteiger partial charge is 0.270 e. The van der Waals surface area contributed by atoms with Gasteiger partial charge < -0.3 is 15.1 Å². The highest BCUT2D eigenvalue weighted by atomic mass is 16.3. The Balaban J connectivity index is 1.88. The molecule has 0 aliphatic heterocycles. The van der Waals surface area contributed by atoms with E-state index in [1.165, 1.54) is 0 Å². The Morgan fingerprint density at radius 1 is 1.37 bits per heavy atom. The number of aromatic nitrogens is 1. The van der Waals surface area contributed by atoms with Crippen molar-refractivity contribution in [2.24, 2.45) is 0 Å². The van der Waals surface area contributed by atoms with Crippen LogP contribution < -0.4 is 10.6 Å². The van der Waals surface area contributed by atoms with Crippen molar-refractivity contribution in [2.75, 3.05) is 11.9 Å². The summed E-state index contributed by atoms with van der Waals surface area (Å²) in [4.78, 5) is 16.0. The number of rotatable bonds is 6. The monoisotopic (exact) mass is 259 g/mol. The molecule has 0 saturated carbocycles. The first-order chi connectivity index (χ1) is 9.29. The lowest BCUT2D eigenvalue weighted by atomic mass is 10.3. The first-order valence-corrected chi connectivity index (χ1v) is 6.30. The van der Waals surface area contributed by atoms with Crippen molar-refractivity contribution < 1.29 is 9.21 Å². The molecule has 0 radical (unpaired) electrons. The molecule has 0 unspecified atom stereocenters. The molecule has 2 heterocycles. The standard InChI is InChI=1S/C14H17N3O2/c1-2-7-15-11-5-6-13(16-9-11)14(18)17-10-12-4-3-8-19-12/h3-6,8-9,15H,2,7,10H2,1H3,(H,17,18). The van der Waals surface area contributed by atoms with Crippen molar-refractivity contribution in [2.45, 2.75) is 19.9 Å². The number of amides is 1. The minimum atomic E-state index is -0.210. The number of furan rings is 1. The van der Waals surface area contributed by atoms with E-state index in [0.29, 0.717) is 12.2 Å². The average molecular weight is 259 g/mol. The van der Waals surface area contributed by atoms with Gasteiger partial charge in [-0.3, -0.25) is 4.79 Å². The molecule has 0 spiro atoms. The van der Waals surface area contributed by atoms with Crippen molar-refractivity contribution in [3.63, 3.8) is 0 Å². The Morgan fingerprint density at radius 3 is 2.89 bits per heavy atom. The van der Waals surface area contributed by atoms with E-state index in [9.17, 15) is 4.79 Å². The van der Waals surface area contributed by atoms with Crippen LogP contribution in [0.15, 0.2) is 41.1 Å². The summed E-state index contributed by atoms with van der Waals surface area (Å²) in [6.45, 7) is 3.35. The van der Waals surface area contributed by atoms with Gasteiger partial charge in [-0.2, -0.15) is 0 Å². The van der Waals surface area contributed by atoms with Crippen molar-refractivity contribution in [3.8, 4) is 0 Å². The minimum Gasteiger partial charge on any atom is -0.467 e. The molecule has 100 valence electrons. The van der Waals surface area contributed by atoms with E-state index < -0.39 is 0 Å². The number of hydrogen-bond acceptors (Lipinski definition) is 4. The molecule has 5 nitrogen and oxygen atoms in total. The number of nitrogens with one attached hydrogen (secondary N) is 2. The lowest BCUT2D eigenvalue weighted by Crippen LogP contribution is -2.23. The Labute approximate surface area is 112 Å². The Morgan fingerprint density at radius 2 is 2.26 bits per heavy atom. The molecule has 0 atom stereocenters. The molecule has 2 aromatic heterocycles. The number of nitrogens with zero attached hydrogens (tertiary/aromatic N) is 1. The van der Waals surface area contributed by atoms with Crippen LogP contribution in [-0.4, -0.2) is 17.4 Å². The van der Waals surface area contributed by atoms with Crippen LogP contribution in [0, 0.1) is 0 Å². The summed E-state index contributed by atoms with van der Waals surface area (Å²) >= 11 is 0. The maximum Gasteiger partial charge on any atom is 0.270 e. The second-order valence-corrected chi connectivity index (χ2v) is 4.12. The molecule has 1 amide bonds. The predicted octanol–water partition coefficient (Wildman–Crippen LogP) is 2.43. The van der Waals surface area contributed by atoms with E-state index in [-0.39, 0.29) is 5.91 Å². The van der Waals surface area contributed by atoms with Gasteiger partial charge in [0.1, 0.15) is 11.5 Å². The van der Waals surface area contributed by atoms with Crippen LogP contribution in [0.5, 0.6) is 0 Å². The van der Waals surface area contributed by atoms with Crippen molar-refractivity contribution in [1.82, 2.24) is 10.3 Å². The lowest BCUT2D eigenvalue weighted by molar-refractivity contribution is 0.0943. The van der Waals surface area contributed by atoms with Crippen LogP contribution in [0.1, 0.15) is 29.6 Å². The zero-order valence-corrected chi connectivity index (χ0v) is 10.8. The number of anilines is 1. The van der Waals surface area contributed by atoms with E-state index in [4.69, 9.17) is 4.42 Å². The zero-order chi connectivity index (χ0) is 13.5. The molecular weight excluding hydrogens is 242 g/mol. The van der Waals surface area contributed by atoms with Crippen LogP contribution in [-0.2, 0) is 6.54 Å². The van der Waals surface area contributed by atoms with Crippen molar-refractivity contribution >= 4 is 11.6 Å². The van der Waals surface area contributed by atoms with E-state index in [0.717, 1.165) is 24.4 Å². The second-order valence-electron chi connectivity index (χ2n) is 4.12. The van der Waals surface area contributed by atoms with Crippen LogP contribution in [0.4, 0.5) is 5.69 Å². The van der Waals surface area contributed by atoms with Crippen molar-refractivity contribution in [3.05, 3.63) is 48.2 Å². The summed E-state index contributed by atoms with van der Waals surface area (Å²) in [5.41, 5.74) is 1.32. The maximum atomic E-state index is 11.8. The van der Waals surface area contributed by atoms with Crippen LogP contribution in [0.3, 0.4) is 0 Å². The van der Waals surface area contributed by atoms with Crippen LogP contribution in [0.2, 0.25) is 0 Å². The second kappa shape index (κ2) is 6.58. The van der Waals surface area contributed by atoms with Crippen LogP contribution in [0.25, 0.3) is 0 Å². The summed E-state index contributed by atoms with van der Waals surface area (Å²) in [5, 5.41) is 5.95.